The van der Waals surface area contributed by atoms with Gasteiger partial charge in [-0.3, -0.25) is 4.79 Å². The molecule has 0 spiro atoms. The molecule has 1 unspecified atom stereocenters. The number of hydrogen-bond acceptors (Lipinski definition) is 2. The SMILES string of the molecule is CC(Cc1ccsc1)NC(=O)c1ccc2[nH]ccc2c1. The highest BCUT2D eigenvalue weighted by Crippen LogP contribution is 2.15. The van der Waals surface area contributed by atoms with E-state index in [1.165, 1.54) is 5.56 Å². The van der Waals surface area contributed by atoms with Gasteiger partial charge in [-0.15, -0.1) is 0 Å². The molecule has 2 heterocycles. The number of thiophene rings is 1. The summed E-state index contributed by atoms with van der Waals surface area (Å²) in [7, 11) is 0. The molecule has 0 saturated carbocycles. The van der Waals surface area contributed by atoms with Crippen LogP contribution in [-0.2, 0) is 6.42 Å². The Kier molecular flexibility index (Phi) is 3.56. The van der Waals surface area contributed by atoms with Crippen molar-refractivity contribution in [2.75, 3.05) is 0 Å². The minimum Gasteiger partial charge on any atom is -0.361 e. The van der Waals surface area contributed by atoms with E-state index < -0.39 is 0 Å². The highest BCUT2D eigenvalue weighted by atomic mass is 32.1. The van der Waals surface area contributed by atoms with Gasteiger partial charge in [-0.1, -0.05) is 0 Å². The third-order valence-corrected chi connectivity index (χ3v) is 4.05. The number of nitrogens with one attached hydrogen (secondary N) is 2. The number of carbonyl (C=O) groups is 1. The summed E-state index contributed by atoms with van der Waals surface area (Å²) >= 11 is 1.68. The van der Waals surface area contributed by atoms with Gasteiger partial charge >= 0.3 is 0 Å². The number of rotatable bonds is 4. The van der Waals surface area contributed by atoms with E-state index in [2.05, 4.69) is 27.1 Å². The predicted octanol–water partition coefficient (Wildman–Crippen LogP) is 3.59. The predicted molar refractivity (Wildman–Crippen MR) is 83.2 cm³/mol. The zero-order valence-electron chi connectivity index (χ0n) is 11.2. The quantitative estimate of drug-likeness (QED) is 0.755. The molecule has 1 aromatic carbocycles. The number of amides is 1. The second-order valence-electron chi connectivity index (χ2n) is 4.99. The largest absolute Gasteiger partial charge is 0.361 e. The average Bonchev–Trinajstić information content (AvgIpc) is 3.07. The van der Waals surface area contributed by atoms with E-state index in [1.807, 2.05) is 37.4 Å². The summed E-state index contributed by atoms with van der Waals surface area (Å²) in [5, 5.41) is 8.28. The fourth-order valence-electron chi connectivity index (χ4n) is 2.32. The van der Waals surface area contributed by atoms with E-state index in [0.717, 1.165) is 17.3 Å². The molecule has 3 rings (SSSR count). The van der Waals surface area contributed by atoms with Crippen LogP contribution in [-0.4, -0.2) is 16.9 Å². The Bertz CT molecular complexity index is 715. The van der Waals surface area contributed by atoms with Crippen LogP contribution < -0.4 is 5.32 Å². The van der Waals surface area contributed by atoms with E-state index in [-0.39, 0.29) is 11.9 Å². The lowest BCUT2D eigenvalue weighted by molar-refractivity contribution is 0.0940. The van der Waals surface area contributed by atoms with E-state index >= 15 is 0 Å². The van der Waals surface area contributed by atoms with Crippen molar-refractivity contribution in [2.24, 2.45) is 0 Å². The Balaban J connectivity index is 1.68. The Morgan fingerprint density at radius 3 is 3.05 bits per heavy atom. The molecule has 0 radical (unpaired) electrons. The zero-order chi connectivity index (χ0) is 13.9. The van der Waals surface area contributed by atoms with Gasteiger partial charge in [-0.2, -0.15) is 11.3 Å². The minimum absolute atomic E-state index is 0.0178. The van der Waals surface area contributed by atoms with Gasteiger partial charge in [0.1, 0.15) is 0 Å². The zero-order valence-corrected chi connectivity index (χ0v) is 12.0. The standard InChI is InChI=1S/C16H16N2OS/c1-11(8-12-5-7-20-10-12)18-16(19)14-2-3-15-13(9-14)4-6-17-15/h2-7,9-11,17H,8H2,1H3,(H,18,19). The van der Waals surface area contributed by atoms with Crippen LogP contribution in [0.1, 0.15) is 22.8 Å². The first-order chi connectivity index (χ1) is 9.72. The monoisotopic (exact) mass is 284 g/mol. The van der Waals surface area contributed by atoms with Crippen molar-refractivity contribution in [3.8, 4) is 0 Å². The summed E-state index contributed by atoms with van der Waals surface area (Å²) in [6.07, 6.45) is 2.74. The molecule has 4 heteroatoms. The maximum absolute atomic E-state index is 12.2. The summed E-state index contributed by atoms with van der Waals surface area (Å²) in [5.74, 6) is -0.0178. The Labute approximate surface area is 121 Å². The Morgan fingerprint density at radius 1 is 1.35 bits per heavy atom. The number of carbonyl (C=O) groups excluding carboxylic acids is 1. The molecule has 0 aliphatic rings. The molecule has 0 bridgehead atoms. The van der Waals surface area contributed by atoms with Crippen molar-refractivity contribution in [3.63, 3.8) is 0 Å². The molecule has 3 aromatic rings. The molecule has 0 aliphatic carbocycles. The lowest BCUT2D eigenvalue weighted by Crippen LogP contribution is -2.33. The van der Waals surface area contributed by atoms with Crippen molar-refractivity contribution in [2.45, 2.75) is 19.4 Å². The second kappa shape index (κ2) is 5.51. The number of benzene rings is 1. The first kappa shape index (κ1) is 12.9. The van der Waals surface area contributed by atoms with Crippen molar-refractivity contribution in [1.29, 1.82) is 0 Å². The van der Waals surface area contributed by atoms with Crippen LogP contribution in [0, 0.1) is 0 Å². The Morgan fingerprint density at radius 2 is 2.25 bits per heavy atom. The third kappa shape index (κ3) is 2.75. The molecule has 1 amide bonds. The minimum atomic E-state index is -0.0178. The van der Waals surface area contributed by atoms with Gasteiger partial charge in [0, 0.05) is 28.7 Å². The summed E-state index contributed by atoms with van der Waals surface area (Å²) < 4.78 is 0. The molecule has 0 fully saturated rings. The van der Waals surface area contributed by atoms with Crippen LogP contribution in [0.4, 0.5) is 0 Å². The van der Waals surface area contributed by atoms with Crippen molar-refractivity contribution in [1.82, 2.24) is 10.3 Å². The van der Waals surface area contributed by atoms with E-state index in [1.54, 1.807) is 11.3 Å². The van der Waals surface area contributed by atoms with E-state index in [0.29, 0.717) is 5.56 Å². The molecular weight excluding hydrogens is 268 g/mol. The molecule has 102 valence electrons. The maximum Gasteiger partial charge on any atom is 0.251 e. The fourth-order valence-corrected chi connectivity index (χ4v) is 3.00. The number of fused-ring (bicyclic) bond motifs is 1. The lowest BCUT2D eigenvalue weighted by Gasteiger charge is -2.13. The van der Waals surface area contributed by atoms with E-state index in [4.69, 9.17) is 0 Å². The lowest BCUT2D eigenvalue weighted by atomic mass is 10.1. The van der Waals surface area contributed by atoms with E-state index in [9.17, 15) is 4.79 Å². The summed E-state index contributed by atoms with van der Waals surface area (Å²) in [4.78, 5) is 15.4. The number of aromatic amines is 1. The summed E-state index contributed by atoms with van der Waals surface area (Å²) in [6, 6.07) is 9.90. The molecule has 0 saturated heterocycles. The number of H-pyrrole nitrogens is 1. The molecule has 0 aliphatic heterocycles. The third-order valence-electron chi connectivity index (χ3n) is 3.31. The van der Waals surface area contributed by atoms with Crippen LogP contribution >= 0.6 is 11.3 Å². The molecule has 2 aromatic heterocycles. The number of hydrogen-bond donors (Lipinski definition) is 2. The first-order valence-electron chi connectivity index (χ1n) is 6.61. The summed E-state index contributed by atoms with van der Waals surface area (Å²) in [5.41, 5.74) is 3.02. The topological polar surface area (TPSA) is 44.9 Å². The van der Waals surface area contributed by atoms with Crippen LogP contribution in [0.15, 0.2) is 47.3 Å². The fraction of sp³-hybridized carbons (Fsp3) is 0.188. The van der Waals surface area contributed by atoms with Gasteiger partial charge in [-0.05, 0) is 60.0 Å². The van der Waals surface area contributed by atoms with Crippen molar-refractivity contribution < 1.29 is 4.79 Å². The van der Waals surface area contributed by atoms with Gasteiger partial charge in [0.2, 0.25) is 0 Å². The second-order valence-corrected chi connectivity index (χ2v) is 5.77. The molecule has 1 atom stereocenters. The van der Waals surface area contributed by atoms with Gasteiger partial charge in [0.25, 0.3) is 5.91 Å². The van der Waals surface area contributed by atoms with Crippen LogP contribution in [0.25, 0.3) is 10.9 Å². The highest BCUT2D eigenvalue weighted by Gasteiger charge is 2.11. The van der Waals surface area contributed by atoms with Gasteiger partial charge in [-0.25, -0.2) is 0 Å². The maximum atomic E-state index is 12.2. The molecule has 2 N–H and O–H groups in total. The average molecular weight is 284 g/mol. The molecular formula is C16H16N2OS. The normalized spacial score (nSPS) is 12.4. The molecule has 3 nitrogen and oxygen atoms in total. The van der Waals surface area contributed by atoms with Crippen molar-refractivity contribution >= 4 is 28.1 Å². The van der Waals surface area contributed by atoms with Crippen LogP contribution in [0.3, 0.4) is 0 Å². The highest BCUT2D eigenvalue weighted by molar-refractivity contribution is 7.07. The first-order valence-corrected chi connectivity index (χ1v) is 7.56. The number of aromatic nitrogens is 1. The van der Waals surface area contributed by atoms with Gasteiger partial charge < -0.3 is 10.3 Å². The van der Waals surface area contributed by atoms with Crippen LogP contribution in [0.2, 0.25) is 0 Å². The van der Waals surface area contributed by atoms with Crippen LogP contribution in [0.5, 0.6) is 0 Å². The summed E-state index contributed by atoms with van der Waals surface area (Å²) in [6.45, 7) is 2.03. The van der Waals surface area contributed by atoms with Crippen molar-refractivity contribution in [3.05, 3.63) is 58.4 Å². The smallest absolute Gasteiger partial charge is 0.251 e. The Hall–Kier alpha value is -2.07. The van der Waals surface area contributed by atoms with Gasteiger partial charge in [0.15, 0.2) is 0 Å². The van der Waals surface area contributed by atoms with Gasteiger partial charge in [0.05, 0.1) is 0 Å². The molecule has 20 heavy (non-hydrogen) atoms.